The fraction of sp³-hybridized carbons (Fsp3) is 0.400. The number of nitrogens with one attached hydrogen (secondary N) is 1. The normalized spacial score (nSPS) is 12.3. The Balaban J connectivity index is 2.93. The van der Waals surface area contributed by atoms with Crippen LogP contribution in [0.1, 0.15) is 6.42 Å². The zero-order chi connectivity index (χ0) is 13.8. The molecule has 0 spiro atoms. The number of sulfone groups is 1. The first-order valence-corrected chi connectivity index (χ1v) is 9.19. The van der Waals surface area contributed by atoms with Crippen LogP contribution in [0.5, 0.6) is 0 Å². The second-order valence-corrected chi connectivity index (χ2v) is 8.00. The Morgan fingerprint density at radius 3 is 2.44 bits per heavy atom. The van der Waals surface area contributed by atoms with Crippen LogP contribution in [-0.2, 0) is 19.9 Å². The third-order valence-corrected chi connectivity index (χ3v) is 4.83. The van der Waals surface area contributed by atoms with E-state index in [4.69, 9.17) is 11.6 Å². The SMILES string of the molecule is CS(=O)(=O)c1cccc(NS(=O)(=O)CCCCl)c1. The maximum atomic E-state index is 11.6. The number of hydrogen-bond donors (Lipinski definition) is 1. The molecule has 18 heavy (non-hydrogen) atoms. The molecule has 102 valence electrons. The highest BCUT2D eigenvalue weighted by atomic mass is 35.5. The van der Waals surface area contributed by atoms with Gasteiger partial charge in [0.15, 0.2) is 9.84 Å². The predicted octanol–water partition coefficient (Wildman–Crippen LogP) is 1.46. The van der Waals surface area contributed by atoms with Crippen molar-refractivity contribution in [2.24, 2.45) is 0 Å². The van der Waals surface area contributed by atoms with Crippen molar-refractivity contribution < 1.29 is 16.8 Å². The summed E-state index contributed by atoms with van der Waals surface area (Å²) in [5.41, 5.74) is 0.229. The maximum absolute atomic E-state index is 11.6. The quantitative estimate of drug-likeness (QED) is 0.807. The van der Waals surface area contributed by atoms with E-state index in [1.54, 1.807) is 0 Å². The minimum absolute atomic E-state index is 0.0695. The molecular formula is C10H14ClNO4S2. The van der Waals surface area contributed by atoms with E-state index in [1.807, 2.05) is 0 Å². The van der Waals surface area contributed by atoms with Crippen molar-refractivity contribution in [2.75, 3.05) is 22.6 Å². The van der Waals surface area contributed by atoms with Gasteiger partial charge in [-0.2, -0.15) is 0 Å². The standard InChI is InChI=1S/C10H14ClNO4S2/c1-17(13,14)10-5-2-4-9(8-10)12-18(15,16)7-3-6-11/h2,4-5,8,12H,3,6-7H2,1H3. The van der Waals surface area contributed by atoms with Gasteiger partial charge in [0.05, 0.1) is 10.6 Å². The fourth-order valence-corrected chi connectivity index (χ4v) is 3.34. The van der Waals surface area contributed by atoms with Gasteiger partial charge in [-0.15, -0.1) is 11.6 Å². The van der Waals surface area contributed by atoms with Gasteiger partial charge in [0.2, 0.25) is 10.0 Å². The summed E-state index contributed by atoms with van der Waals surface area (Å²) < 4.78 is 48.2. The molecule has 1 N–H and O–H groups in total. The molecule has 0 saturated heterocycles. The lowest BCUT2D eigenvalue weighted by Crippen LogP contribution is -2.17. The highest BCUT2D eigenvalue weighted by Crippen LogP contribution is 2.16. The van der Waals surface area contributed by atoms with Crippen LogP contribution in [0.2, 0.25) is 0 Å². The number of sulfonamides is 1. The van der Waals surface area contributed by atoms with Crippen LogP contribution in [0, 0.1) is 0 Å². The number of anilines is 1. The summed E-state index contributed by atoms with van der Waals surface area (Å²) in [5.74, 6) is 0.157. The Bertz CT molecular complexity index is 611. The molecule has 1 rings (SSSR count). The molecule has 0 atom stereocenters. The number of hydrogen-bond acceptors (Lipinski definition) is 4. The van der Waals surface area contributed by atoms with Crippen molar-refractivity contribution in [3.63, 3.8) is 0 Å². The summed E-state index contributed by atoms with van der Waals surface area (Å²) >= 11 is 5.42. The molecule has 0 heterocycles. The molecule has 0 saturated carbocycles. The largest absolute Gasteiger partial charge is 0.284 e. The van der Waals surface area contributed by atoms with Gasteiger partial charge in [0, 0.05) is 17.8 Å². The lowest BCUT2D eigenvalue weighted by atomic mass is 10.3. The van der Waals surface area contributed by atoms with Gasteiger partial charge >= 0.3 is 0 Å². The lowest BCUT2D eigenvalue weighted by Gasteiger charge is -2.08. The summed E-state index contributed by atoms with van der Waals surface area (Å²) in [6.45, 7) is 0. The minimum Gasteiger partial charge on any atom is -0.284 e. The average Bonchev–Trinajstić information content (AvgIpc) is 2.25. The van der Waals surface area contributed by atoms with Crippen LogP contribution >= 0.6 is 11.6 Å². The van der Waals surface area contributed by atoms with Gasteiger partial charge in [-0.3, -0.25) is 4.72 Å². The number of halogens is 1. The molecule has 0 fully saturated rings. The fourth-order valence-electron chi connectivity index (χ4n) is 1.27. The maximum Gasteiger partial charge on any atom is 0.232 e. The zero-order valence-electron chi connectivity index (χ0n) is 9.76. The first-order chi connectivity index (χ1) is 8.24. The second kappa shape index (κ2) is 5.90. The van der Waals surface area contributed by atoms with E-state index in [9.17, 15) is 16.8 Å². The first-order valence-electron chi connectivity index (χ1n) is 5.11. The second-order valence-electron chi connectivity index (χ2n) is 3.76. The van der Waals surface area contributed by atoms with Crippen LogP contribution in [0.15, 0.2) is 29.2 Å². The topological polar surface area (TPSA) is 80.3 Å². The summed E-state index contributed by atoms with van der Waals surface area (Å²) in [7, 11) is -6.84. The van der Waals surface area contributed by atoms with Crippen LogP contribution in [0.25, 0.3) is 0 Å². The first kappa shape index (κ1) is 15.3. The zero-order valence-corrected chi connectivity index (χ0v) is 12.1. The van der Waals surface area contributed by atoms with Gasteiger partial charge in [-0.05, 0) is 24.6 Å². The average molecular weight is 312 g/mol. The van der Waals surface area contributed by atoms with Crippen LogP contribution in [0.3, 0.4) is 0 Å². The highest BCUT2D eigenvalue weighted by molar-refractivity contribution is 7.92. The minimum atomic E-state index is -3.49. The van der Waals surface area contributed by atoms with Crippen molar-refractivity contribution in [1.82, 2.24) is 0 Å². The molecule has 0 amide bonds. The molecule has 0 radical (unpaired) electrons. The number of rotatable bonds is 6. The summed E-state index contributed by atoms with van der Waals surface area (Å²) in [6, 6.07) is 5.67. The van der Waals surface area contributed by atoms with E-state index in [0.29, 0.717) is 6.42 Å². The van der Waals surface area contributed by atoms with Crippen molar-refractivity contribution in [2.45, 2.75) is 11.3 Å². The Hall–Kier alpha value is -0.790. The highest BCUT2D eigenvalue weighted by Gasteiger charge is 2.12. The Labute approximate surface area is 112 Å². The monoisotopic (exact) mass is 311 g/mol. The van der Waals surface area contributed by atoms with E-state index in [0.717, 1.165) is 6.26 Å². The summed E-state index contributed by atoms with van der Waals surface area (Å²) in [4.78, 5) is 0.0695. The predicted molar refractivity (Wildman–Crippen MR) is 72.3 cm³/mol. The third kappa shape index (κ3) is 4.83. The number of benzene rings is 1. The molecular weight excluding hydrogens is 298 g/mol. The van der Waals surface area contributed by atoms with E-state index in [-0.39, 0.29) is 22.2 Å². The molecule has 8 heteroatoms. The Morgan fingerprint density at radius 2 is 1.89 bits per heavy atom. The smallest absolute Gasteiger partial charge is 0.232 e. The van der Waals surface area contributed by atoms with Crippen LogP contribution < -0.4 is 4.72 Å². The molecule has 0 aliphatic heterocycles. The van der Waals surface area contributed by atoms with Crippen LogP contribution in [0.4, 0.5) is 5.69 Å². The van der Waals surface area contributed by atoms with E-state index in [1.165, 1.54) is 24.3 Å². The van der Waals surface area contributed by atoms with Crippen LogP contribution in [-0.4, -0.2) is 34.7 Å². The molecule has 5 nitrogen and oxygen atoms in total. The van der Waals surface area contributed by atoms with Gasteiger partial charge < -0.3 is 0 Å². The molecule has 0 unspecified atom stereocenters. The molecule has 0 aliphatic rings. The van der Waals surface area contributed by atoms with E-state index >= 15 is 0 Å². The number of alkyl halides is 1. The van der Waals surface area contributed by atoms with Gasteiger partial charge in [-0.25, -0.2) is 16.8 Å². The lowest BCUT2D eigenvalue weighted by molar-refractivity contribution is 0.598. The molecule has 1 aromatic carbocycles. The molecule has 0 aliphatic carbocycles. The van der Waals surface area contributed by atoms with Gasteiger partial charge in [-0.1, -0.05) is 6.07 Å². The van der Waals surface area contributed by atoms with Gasteiger partial charge in [0.25, 0.3) is 0 Å². The van der Waals surface area contributed by atoms with Crippen molar-refractivity contribution in [3.8, 4) is 0 Å². The molecule has 1 aromatic rings. The van der Waals surface area contributed by atoms with E-state index < -0.39 is 19.9 Å². The summed E-state index contributed by atoms with van der Waals surface area (Å²) in [6.07, 6.45) is 1.40. The van der Waals surface area contributed by atoms with Gasteiger partial charge in [0.1, 0.15) is 0 Å². The molecule has 0 bridgehead atoms. The summed E-state index contributed by atoms with van der Waals surface area (Å²) in [5, 5.41) is 0. The van der Waals surface area contributed by atoms with Crippen molar-refractivity contribution >= 4 is 37.1 Å². The van der Waals surface area contributed by atoms with Crippen molar-refractivity contribution in [1.29, 1.82) is 0 Å². The Morgan fingerprint density at radius 1 is 1.22 bits per heavy atom. The third-order valence-electron chi connectivity index (χ3n) is 2.08. The van der Waals surface area contributed by atoms with Crippen molar-refractivity contribution in [3.05, 3.63) is 24.3 Å². The Kier molecular flexibility index (Phi) is 5.01. The van der Waals surface area contributed by atoms with E-state index in [2.05, 4.69) is 4.72 Å². The molecule has 0 aromatic heterocycles.